The van der Waals surface area contributed by atoms with Gasteiger partial charge >= 0.3 is 5.97 Å². The highest BCUT2D eigenvalue weighted by Gasteiger charge is 2.42. The number of amides is 1. The summed E-state index contributed by atoms with van der Waals surface area (Å²) in [5.74, 6) is -1.67. The molecule has 9 nitrogen and oxygen atoms in total. The number of carboxylic acids is 1. The summed E-state index contributed by atoms with van der Waals surface area (Å²) < 4.78 is 11.8. The summed E-state index contributed by atoms with van der Waals surface area (Å²) in [7, 11) is 0. The van der Waals surface area contributed by atoms with Gasteiger partial charge in [0.2, 0.25) is 11.7 Å². The summed E-state index contributed by atoms with van der Waals surface area (Å²) >= 11 is 0. The maximum Gasteiger partial charge on any atom is 0.370 e. The van der Waals surface area contributed by atoms with Crippen molar-refractivity contribution < 1.29 is 24.2 Å². The highest BCUT2D eigenvalue weighted by atomic mass is 16.6. The molecule has 0 spiro atoms. The summed E-state index contributed by atoms with van der Waals surface area (Å²) in [6.07, 6.45) is 6.90. The van der Waals surface area contributed by atoms with Crippen LogP contribution in [-0.4, -0.2) is 54.2 Å². The van der Waals surface area contributed by atoms with Gasteiger partial charge in [0.1, 0.15) is 12.4 Å². The Bertz CT molecular complexity index is 541. The third-order valence-electron chi connectivity index (χ3n) is 4.90. The molecule has 0 aromatic rings. The van der Waals surface area contributed by atoms with Crippen LogP contribution in [0.2, 0.25) is 0 Å². The highest BCUT2D eigenvalue weighted by molar-refractivity contribution is 5.84. The second-order valence-corrected chi connectivity index (χ2v) is 7.45. The Labute approximate surface area is 173 Å². The van der Waals surface area contributed by atoms with Crippen molar-refractivity contribution in [1.29, 1.82) is 0 Å². The third kappa shape index (κ3) is 9.12. The van der Waals surface area contributed by atoms with E-state index in [1.165, 1.54) is 38.7 Å². The van der Waals surface area contributed by atoms with Gasteiger partial charge in [-0.15, -0.1) is 0 Å². The summed E-state index contributed by atoms with van der Waals surface area (Å²) in [5, 5.41) is 15.2. The predicted octanol–water partition coefficient (Wildman–Crippen LogP) is 1.17. The Morgan fingerprint density at radius 2 is 1.86 bits per heavy atom. The molecule has 0 bridgehead atoms. The molecule has 4 atom stereocenters. The van der Waals surface area contributed by atoms with Crippen LogP contribution in [0, 0.1) is 0 Å². The van der Waals surface area contributed by atoms with E-state index < -0.39 is 30.4 Å². The molecule has 29 heavy (non-hydrogen) atoms. The number of aliphatic carboxylic acids is 1. The molecule has 0 aromatic heterocycles. The van der Waals surface area contributed by atoms with E-state index in [2.05, 4.69) is 17.6 Å². The molecule has 1 aliphatic rings. The Morgan fingerprint density at radius 3 is 2.41 bits per heavy atom. The lowest BCUT2D eigenvalue weighted by Crippen LogP contribution is -2.64. The molecular weight excluding hydrogens is 376 g/mol. The van der Waals surface area contributed by atoms with Crippen molar-refractivity contribution >= 4 is 11.9 Å². The first-order chi connectivity index (χ1) is 13.8. The van der Waals surface area contributed by atoms with Crippen molar-refractivity contribution in [3.05, 3.63) is 11.8 Å². The van der Waals surface area contributed by atoms with Gasteiger partial charge in [-0.05, 0) is 18.9 Å². The Kier molecular flexibility index (Phi) is 11.8. The van der Waals surface area contributed by atoms with Gasteiger partial charge < -0.3 is 31.4 Å². The Hall–Kier alpha value is -1.68. The second-order valence-electron chi connectivity index (χ2n) is 7.45. The number of rotatable bonds is 14. The normalized spacial score (nSPS) is 22.7. The monoisotopic (exact) mass is 414 g/mol. The van der Waals surface area contributed by atoms with Crippen molar-refractivity contribution in [2.24, 2.45) is 11.5 Å². The van der Waals surface area contributed by atoms with Gasteiger partial charge in [0.05, 0.1) is 18.2 Å². The number of ether oxygens (including phenoxy) is 2. The molecule has 9 heteroatoms. The number of nitrogens with two attached hydrogens (primary N) is 2. The van der Waals surface area contributed by atoms with E-state index in [1.807, 2.05) is 6.92 Å². The molecule has 1 rings (SSSR count). The molecule has 1 aliphatic heterocycles. The van der Waals surface area contributed by atoms with E-state index in [4.69, 9.17) is 20.9 Å². The summed E-state index contributed by atoms with van der Waals surface area (Å²) in [5.41, 5.74) is 11.3. The number of carboxylic acid groups (broad SMARTS) is 1. The van der Waals surface area contributed by atoms with E-state index in [0.29, 0.717) is 13.0 Å². The summed E-state index contributed by atoms with van der Waals surface area (Å²) in [6.45, 7) is 6.07. The lowest BCUT2D eigenvalue weighted by molar-refractivity contribution is -0.143. The molecule has 0 aromatic carbocycles. The summed E-state index contributed by atoms with van der Waals surface area (Å²) in [6, 6.07) is -1.17. The van der Waals surface area contributed by atoms with Crippen molar-refractivity contribution in [2.75, 3.05) is 6.61 Å². The predicted molar refractivity (Wildman–Crippen MR) is 111 cm³/mol. The number of nitrogens with one attached hydrogen (secondary N) is 2. The molecule has 0 saturated heterocycles. The van der Waals surface area contributed by atoms with Crippen LogP contribution in [0.3, 0.4) is 0 Å². The first kappa shape index (κ1) is 25.4. The second kappa shape index (κ2) is 13.5. The molecule has 0 fully saturated rings. The fourth-order valence-electron chi connectivity index (χ4n) is 3.50. The van der Waals surface area contributed by atoms with Crippen LogP contribution in [0.15, 0.2) is 11.8 Å². The van der Waals surface area contributed by atoms with Crippen molar-refractivity contribution in [3.8, 4) is 0 Å². The zero-order chi connectivity index (χ0) is 21.8. The first-order valence-corrected chi connectivity index (χ1v) is 10.6. The first-order valence-electron chi connectivity index (χ1n) is 10.6. The molecule has 1 heterocycles. The minimum Gasteiger partial charge on any atom is -0.478 e. The van der Waals surface area contributed by atoms with Gasteiger partial charge in [0.25, 0.3) is 0 Å². The lowest BCUT2D eigenvalue weighted by atomic mass is 9.93. The average molecular weight is 415 g/mol. The molecule has 4 unspecified atom stereocenters. The Balaban J connectivity index is 2.85. The van der Waals surface area contributed by atoms with Gasteiger partial charge in [-0.1, -0.05) is 46.0 Å². The maximum atomic E-state index is 11.8. The molecule has 168 valence electrons. The SMILES string of the molecule is CCCCCCCCOC(CC)C1OC(C(=O)O)=CC(NC(N)N)C1NC(C)=O. The van der Waals surface area contributed by atoms with Crippen LogP contribution < -0.4 is 22.1 Å². The minimum absolute atomic E-state index is 0.212. The van der Waals surface area contributed by atoms with E-state index in [9.17, 15) is 14.7 Å². The smallest absolute Gasteiger partial charge is 0.370 e. The topological polar surface area (TPSA) is 149 Å². The van der Waals surface area contributed by atoms with Crippen molar-refractivity contribution in [1.82, 2.24) is 10.6 Å². The fourth-order valence-corrected chi connectivity index (χ4v) is 3.50. The zero-order valence-electron chi connectivity index (χ0n) is 17.9. The quantitative estimate of drug-likeness (QED) is 0.210. The van der Waals surface area contributed by atoms with Crippen LogP contribution >= 0.6 is 0 Å². The lowest BCUT2D eigenvalue weighted by Gasteiger charge is -2.41. The fraction of sp³-hybridized carbons (Fsp3) is 0.800. The van der Waals surface area contributed by atoms with Crippen molar-refractivity contribution in [2.45, 2.75) is 96.3 Å². The Morgan fingerprint density at radius 1 is 1.21 bits per heavy atom. The van der Waals surface area contributed by atoms with Crippen LogP contribution in [-0.2, 0) is 19.1 Å². The maximum absolute atomic E-state index is 11.8. The van der Waals surface area contributed by atoms with Gasteiger partial charge in [0, 0.05) is 13.5 Å². The highest BCUT2D eigenvalue weighted by Crippen LogP contribution is 2.25. The largest absolute Gasteiger partial charge is 0.478 e. The molecular formula is C20H38N4O5. The van der Waals surface area contributed by atoms with Gasteiger partial charge in [-0.25, -0.2) is 4.79 Å². The molecule has 7 N–H and O–H groups in total. The average Bonchev–Trinajstić information content (AvgIpc) is 2.64. The number of hydrogen-bond acceptors (Lipinski definition) is 7. The van der Waals surface area contributed by atoms with Crippen LogP contribution in [0.5, 0.6) is 0 Å². The van der Waals surface area contributed by atoms with E-state index in [-0.39, 0.29) is 17.8 Å². The third-order valence-corrected chi connectivity index (χ3v) is 4.90. The van der Waals surface area contributed by atoms with Gasteiger partial charge in [0.15, 0.2) is 0 Å². The number of unbranched alkanes of at least 4 members (excludes halogenated alkanes) is 5. The molecule has 1 amide bonds. The van der Waals surface area contributed by atoms with E-state index in [1.54, 1.807) is 0 Å². The van der Waals surface area contributed by atoms with Crippen LogP contribution in [0.4, 0.5) is 0 Å². The van der Waals surface area contributed by atoms with Crippen molar-refractivity contribution in [3.63, 3.8) is 0 Å². The molecule has 0 radical (unpaired) electrons. The van der Waals surface area contributed by atoms with E-state index in [0.717, 1.165) is 12.8 Å². The standard InChI is InChI=1S/C20H38N4O5/c1-4-6-7-8-9-10-11-28-15(5-2)18-17(23-13(3)25)14(24-20(21)22)12-16(29-18)19(26)27/h12,14-15,17-18,20,24H,4-11,21-22H2,1-3H3,(H,23,25)(H,26,27). The van der Waals surface area contributed by atoms with Crippen LogP contribution in [0.1, 0.15) is 65.7 Å². The molecule has 0 aliphatic carbocycles. The van der Waals surface area contributed by atoms with E-state index >= 15 is 0 Å². The number of carbonyl (C=O) groups is 2. The number of hydrogen-bond donors (Lipinski definition) is 5. The zero-order valence-corrected chi connectivity index (χ0v) is 17.9. The van der Waals surface area contributed by atoms with Gasteiger partial charge in [-0.2, -0.15) is 0 Å². The minimum atomic E-state index is -1.19. The van der Waals surface area contributed by atoms with Crippen LogP contribution in [0.25, 0.3) is 0 Å². The summed E-state index contributed by atoms with van der Waals surface area (Å²) in [4.78, 5) is 23.3. The number of carbonyl (C=O) groups excluding carboxylic acids is 1. The molecule has 0 saturated carbocycles. The van der Waals surface area contributed by atoms with Gasteiger partial charge in [-0.3, -0.25) is 10.1 Å².